The van der Waals surface area contributed by atoms with Crippen LogP contribution in [0.2, 0.25) is 5.02 Å². The molecule has 1 N–H and O–H groups in total. The lowest BCUT2D eigenvalue weighted by atomic mass is 9.93. The number of halogens is 1. The highest BCUT2D eigenvalue weighted by Crippen LogP contribution is 2.25. The van der Waals surface area contributed by atoms with Crippen LogP contribution < -0.4 is 5.32 Å². The molecule has 1 saturated heterocycles. The molecule has 0 bridgehead atoms. The fourth-order valence-electron chi connectivity index (χ4n) is 4.41. The highest BCUT2D eigenvalue weighted by atomic mass is 35.5. The monoisotopic (exact) mass is 416 g/mol. The van der Waals surface area contributed by atoms with Crippen LogP contribution in [0, 0.1) is 19.8 Å². The van der Waals surface area contributed by atoms with Gasteiger partial charge in [-0.25, -0.2) is 0 Å². The minimum atomic E-state index is 0.0931. The summed E-state index contributed by atoms with van der Waals surface area (Å²) in [5, 5.41) is 8.89. The SMILES string of the molecule is Cc1cc(Cl)cc(C)c1CNC[C@@H]1CCn2ncc(C(=O)N3CCOCC3)c2C1. The van der Waals surface area contributed by atoms with Gasteiger partial charge in [0.25, 0.3) is 5.91 Å². The number of benzene rings is 1. The van der Waals surface area contributed by atoms with Crippen LogP contribution >= 0.6 is 11.6 Å². The zero-order chi connectivity index (χ0) is 20.4. The van der Waals surface area contributed by atoms with Gasteiger partial charge in [0, 0.05) is 31.2 Å². The van der Waals surface area contributed by atoms with Gasteiger partial charge in [0.1, 0.15) is 0 Å². The fraction of sp³-hybridized carbons (Fsp3) is 0.545. The molecule has 2 aliphatic rings. The first-order chi connectivity index (χ1) is 14.0. The quantitative estimate of drug-likeness (QED) is 0.814. The smallest absolute Gasteiger partial charge is 0.257 e. The van der Waals surface area contributed by atoms with Gasteiger partial charge in [-0.05, 0) is 68.0 Å². The van der Waals surface area contributed by atoms with Gasteiger partial charge in [-0.1, -0.05) is 11.6 Å². The van der Waals surface area contributed by atoms with Gasteiger partial charge < -0.3 is 15.0 Å². The van der Waals surface area contributed by atoms with Gasteiger partial charge in [-0.3, -0.25) is 9.48 Å². The Morgan fingerprint density at radius 2 is 1.97 bits per heavy atom. The van der Waals surface area contributed by atoms with Crippen LogP contribution in [0.25, 0.3) is 0 Å². The number of fused-ring (bicyclic) bond motifs is 1. The van der Waals surface area contributed by atoms with Crippen molar-refractivity contribution in [2.45, 2.75) is 39.8 Å². The van der Waals surface area contributed by atoms with E-state index < -0.39 is 0 Å². The first kappa shape index (κ1) is 20.4. The van der Waals surface area contributed by atoms with E-state index in [2.05, 4.69) is 24.3 Å². The third-order valence-electron chi connectivity index (χ3n) is 6.10. The summed E-state index contributed by atoms with van der Waals surface area (Å²) in [6.45, 7) is 9.41. The van der Waals surface area contributed by atoms with E-state index in [-0.39, 0.29) is 5.91 Å². The van der Waals surface area contributed by atoms with E-state index in [9.17, 15) is 4.79 Å². The van der Waals surface area contributed by atoms with Gasteiger partial charge in [-0.15, -0.1) is 0 Å². The molecule has 0 unspecified atom stereocenters. The molecule has 6 nitrogen and oxygen atoms in total. The van der Waals surface area contributed by atoms with Crippen LogP contribution in [0.1, 0.15) is 39.2 Å². The highest BCUT2D eigenvalue weighted by Gasteiger charge is 2.28. The zero-order valence-electron chi connectivity index (χ0n) is 17.2. The van der Waals surface area contributed by atoms with Crippen molar-refractivity contribution in [2.24, 2.45) is 5.92 Å². The Labute approximate surface area is 177 Å². The Hall–Kier alpha value is -1.89. The molecule has 156 valence electrons. The summed E-state index contributed by atoms with van der Waals surface area (Å²) >= 11 is 6.15. The van der Waals surface area contributed by atoms with Gasteiger partial charge in [0.05, 0.1) is 30.7 Å². The van der Waals surface area contributed by atoms with E-state index in [1.807, 2.05) is 21.7 Å². The molecule has 0 saturated carbocycles. The summed E-state index contributed by atoms with van der Waals surface area (Å²) in [6.07, 6.45) is 3.71. The first-order valence-electron chi connectivity index (χ1n) is 10.4. The van der Waals surface area contributed by atoms with Crippen molar-refractivity contribution in [1.82, 2.24) is 20.0 Å². The van der Waals surface area contributed by atoms with Crippen molar-refractivity contribution in [3.05, 3.63) is 51.3 Å². The molecule has 2 aromatic rings. The largest absolute Gasteiger partial charge is 0.378 e. The summed E-state index contributed by atoms with van der Waals surface area (Å²) in [7, 11) is 0. The molecule has 1 atom stereocenters. The molecule has 0 radical (unpaired) electrons. The Morgan fingerprint density at radius 1 is 1.24 bits per heavy atom. The fourth-order valence-corrected chi connectivity index (χ4v) is 4.74. The van der Waals surface area contributed by atoms with Crippen molar-refractivity contribution in [3.63, 3.8) is 0 Å². The Morgan fingerprint density at radius 3 is 2.69 bits per heavy atom. The predicted octanol–water partition coefficient (Wildman–Crippen LogP) is 2.98. The number of ether oxygens (including phenoxy) is 1. The number of aromatic nitrogens is 2. The van der Waals surface area contributed by atoms with Crippen molar-refractivity contribution in [3.8, 4) is 0 Å². The number of morpholine rings is 1. The van der Waals surface area contributed by atoms with Crippen LogP contribution in [0.5, 0.6) is 0 Å². The lowest BCUT2D eigenvalue weighted by molar-refractivity contribution is 0.0301. The van der Waals surface area contributed by atoms with Crippen molar-refractivity contribution >= 4 is 17.5 Å². The van der Waals surface area contributed by atoms with E-state index in [1.165, 1.54) is 16.7 Å². The molecule has 4 rings (SSSR count). The lowest BCUT2D eigenvalue weighted by Gasteiger charge is -2.28. The normalized spacial score (nSPS) is 19.3. The summed E-state index contributed by atoms with van der Waals surface area (Å²) in [6, 6.07) is 4.04. The lowest BCUT2D eigenvalue weighted by Crippen LogP contribution is -2.41. The van der Waals surface area contributed by atoms with Gasteiger partial charge in [0.15, 0.2) is 0 Å². The van der Waals surface area contributed by atoms with E-state index in [4.69, 9.17) is 16.3 Å². The number of rotatable bonds is 5. The number of hydrogen-bond donors (Lipinski definition) is 1. The maximum absolute atomic E-state index is 12.9. The second-order valence-electron chi connectivity index (χ2n) is 8.14. The first-order valence-corrected chi connectivity index (χ1v) is 10.8. The van der Waals surface area contributed by atoms with Crippen LogP contribution in [-0.4, -0.2) is 53.4 Å². The number of aryl methyl sites for hydroxylation is 3. The second kappa shape index (κ2) is 8.86. The zero-order valence-corrected chi connectivity index (χ0v) is 18.0. The molecule has 1 fully saturated rings. The number of carbonyl (C=O) groups is 1. The third-order valence-corrected chi connectivity index (χ3v) is 6.32. The van der Waals surface area contributed by atoms with Crippen LogP contribution in [0.15, 0.2) is 18.3 Å². The minimum Gasteiger partial charge on any atom is -0.378 e. The third kappa shape index (κ3) is 4.49. The number of nitrogens with one attached hydrogen (secondary N) is 1. The molecule has 2 aliphatic heterocycles. The Balaban J connectivity index is 1.37. The summed E-state index contributed by atoms with van der Waals surface area (Å²) < 4.78 is 7.38. The molecule has 29 heavy (non-hydrogen) atoms. The van der Waals surface area contributed by atoms with Gasteiger partial charge >= 0.3 is 0 Å². The number of carbonyl (C=O) groups excluding carboxylic acids is 1. The maximum Gasteiger partial charge on any atom is 0.257 e. The number of amides is 1. The Bertz CT molecular complexity index is 866. The molecular formula is C22H29ClN4O2. The van der Waals surface area contributed by atoms with Crippen molar-refractivity contribution in [2.75, 3.05) is 32.8 Å². The molecule has 0 spiro atoms. The summed E-state index contributed by atoms with van der Waals surface area (Å²) in [5.74, 6) is 0.596. The average molecular weight is 417 g/mol. The Kier molecular flexibility index (Phi) is 6.23. The van der Waals surface area contributed by atoms with E-state index in [1.54, 1.807) is 6.20 Å². The molecule has 7 heteroatoms. The molecule has 1 aromatic carbocycles. The summed E-state index contributed by atoms with van der Waals surface area (Å²) in [5.41, 5.74) is 5.61. The predicted molar refractivity (Wildman–Crippen MR) is 113 cm³/mol. The topological polar surface area (TPSA) is 59.4 Å². The van der Waals surface area contributed by atoms with Crippen LogP contribution in [-0.2, 0) is 24.2 Å². The van der Waals surface area contributed by atoms with Gasteiger partial charge in [0.2, 0.25) is 0 Å². The summed E-state index contributed by atoms with van der Waals surface area (Å²) in [4.78, 5) is 14.8. The maximum atomic E-state index is 12.9. The highest BCUT2D eigenvalue weighted by molar-refractivity contribution is 6.30. The molecule has 0 aliphatic carbocycles. The molecule has 1 amide bonds. The van der Waals surface area contributed by atoms with Crippen LogP contribution in [0.4, 0.5) is 0 Å². The van der Waals surface area contributed by atoms with E-state index in [0.717, 1.165) is 48.8 Å². The van der Waals surface area contributed by atoms with Crippen molar-refractivity contribution in [1.29, 1.82) is 0 Å². The van der Waals surface area contributed by atoms with E-state index >= 15 is 0 Å². The molecule has 3 heterocycles. The van der Waals surface area contributed by atoms with Crippen LogP contribution in [0.3, 0.4) is 0 Å². The standard InChI is InChI=1S/C22H29ClN4O2/c1-15-9-18(23)10-16(2)19(15)13-24-12-17-3-4-27-21(11-17)20(14-25-27)22(28)26-5-7-29-8-6-26/h9-10,14,17,24H,3-8,11-13H2,1-2H3/t17-/m1/s1. The molecular weight excluding hydrogens is 388 g/mol. The second-order valence-corrected chi connectivity index (χ2v) is 8.58. The van der Waals surface area contributed by atoms with Crippen molar-refractivity contribution < 1.29 is 9.53 Å². The van der Waals surface area contributed by atoms with Gasteiger partial charge in [-0.2, -0.15) is 5.10 Å². The number of nitrogens with zero attached hydrogens (tertiary/aromatic N) is 3. The van der Waals surface area contributed by atoms with E-state index in [0.29, 0.717) is 32.2 Å². The minimum absolute atomic E-state index is 0.0931. The number of hydrogen-bond acceptors (Lipinski definition) is 4. The average Bonchev–Trinajstić information content (AvgIpc) is 3.13. The molecule has 1 aromatic heterocycles.